The van der Waals surface area contributed by atoms with Crippen molar-refractivity contribution in [3.8, 4) is 0 Å². The molecule has 0 aromatic heterocycles. The molecule has 86 valence electrons. The second-order valence-corrected chi connectivity index (χ2v) is 3.99. The Bertz CT molecular complexity index is 358. The van der Waals surface area contributed by atoms with E-state index < -0.39 is 0 Å². The second-order valence-electron chi connectivity index (χ2n) is 3.99. The molecule has 16 heavy (non-hydrogen) atoms. The van der Waals surface area contributed by atoms with Crippen LogP contribution >= 0.6 is 0 Å². The van der Waals surface area contributed by atoms with E-state index in [0.29, 0.717) is 24.6 Å². The fraction of sp³-hybridized carbons (Fsp3) is 0.417. The number of rotatable bonds is 3. The molecule has 1 aliphatic rings. The average Bonchev–Trinajstić information content (AvgIpc) is 2.74. The van der Waals surface area contributed by atoms with Crippen LogP contribution in [0.15, 0.2) is 24.3 Å². The minimum absolute atomic E-state index is 0.0397. The van der Waals surface area contributed by atoms with Gasteiger partial charge in [0.2, 0.25) is 5.91 Å². The molecule has 0 saturated carbocycles. The van der Waals surface area contributed by atoms with Gasteiger partial charge in [-0.25, -0.2) is 4.39 Å². The highest BCUT2D eigenvalue weighted by atomic mass is 19.1. The quantitative estimate of drug-likeness (QED) is 0.853. The Kier molecular flexibility index (Phi) is 3.51. The van der Waals surface area contributed by atoms with E-state index in [1.165, 1.54) is 12.1 Å². The Morgan fingerprint density at radius 2 is 2.19 bits per heavy atom. The van der Waals surface area contributed by atoms with E-state index in [-0.39, 0.29) is 11.7 Å². The van der Waals surface area contributed by atoms with E-state index >= 15 is 0 Å². The molecule has 0 unspecified atom stereocenters. The fourth-order valence-corrected chi connectivity index (χ4v) is 1.75. The number of carbonyl (C=O) groups is 1. The molecule has 1 aromatic carbocycles. The topological polar surface area (TPSA) is 38.3 Å². The standard InChI is InChI=1S/C12H14FNO2/c13-10-1-3-11(4-2-10)14-12(15)7-9-5-6-16-8-9/h1-4,9H,5-8H2,(H,14,15)/t9-/m1/s1. The van der Waals surface area contributed by atoms with Gasteiger partial charge in [0, 0.05) is 25.3 Å². The number of benzene rings is 1. The van der Waals surface area contributed by atoms with Gasteiger partial charge in [-0.15, -0.1) is 0 Å². The van der Waals surface area contributed by atoms with Crippen LogP contribution in [0.3, 0.4) is 0 Å². The van der Waals surface area contributed by atoms with Crippen molar-refractivity contribution < 1.29 is 13.9 Å². The molecule has 4 heteroatoms. The van der Waals surface area contributed by atoms with Crippen LogP contribution in [0.4, 0.5) is 10.1 Å². The Balaban J connectivity index is 1.84. The maximum atomic E-state index is 12.6. The summed E-state index contributed by atoms with van der Waals surface area (Å²) in [6.07, 6.45) is 1.41. The SMILES string of the molecule is O=C(C[C@H]1CCOC1)Nc1ccc(F)cc1. The van der Waals surface area contributed by atoms with Gasteiger partial charge >= 0.3 is 0 Å². The normalized spacial score (nSPS) is 19.7. The lowest BCUT2D eigenvalue weighted by atomic mass is 10.0. The average molecular weight is 223 g/mol. The van der Waals surface area contributed by atoms with Gasteiger partial charge in [0.05, 0.1) is 0 Å². The number of hydrogen-bond donors (Lipinski definition) is 1. The van der Waals surface area contributed by atoms with Crippen LogP contribution in [0, 0.1) is 11.7 Å². The van der Waals surface area contributed by atoms with Crippen LogP contribution < -0.4 is 5.32 Å². The van der Waals surface area contributed by atoms with E-state index in [4.69, 9.17) is 4.74 Å². The van der Waals surface area contributed by atoms with Crippen LogP contribution in [0.2, 0.25) is 0 Å². The van der Waals surface area contributed by atoms with Gasteiger partial charge in [0.1, 0.15) is 5.82 Å². The first-order valence-corrected chi connectivity index (χ1v) is 5.37. The molecule has 0 radical (unpaired) electrons. The predicted molar refractivity (Wildman–Crippen MR) is 58.6 cm³/mol. The summed E-state index contributed by atoms with van der Waals surface area (Å²) in [4.78, 5) is 11.6. The third-order valence-electron chi connectivity index (χ3n) is 2.63. The molecular formula is C12H14FNO2. The van der Waals surface area contributed by atoms with Crippen molar-refractivity contribution in [3.63, 3.8) is 0 Å². The summed E-state index contributed by atoms with van der Waals surface area (Å²) >= 11 is 0. The lowest BCUT2D eigenvalue weighted by Crippen LogP contribution is -2.16. The van der Waals surface area contributed by atoms with Gasteiger partial charge in [0.15, 0.2) is 0 Å². The molecule has 0 bridgehead atoms. The lowest BCUT2D eigenvalue weighted by molar-refractivity contribution is -0.117. The molecule has 1 fully saturated rings. The van der Waals surface area contributed by atoms with Crippen molar-refractivity contribution >= 4 is 11.6 Å². The zero-order chi connectivity index (χ0) is 11.4. The molecule has 1 aliphatic heterocycles. The highest BCUT2D eigenvalue weighted by molar-refractivity contribution is 5.90. The van der Waals surface area contributed by atoms with E-state index in [9.17, 15) is 9.18 Å². The minimum Gasteiger partial charge on any atom is -0.381 e. The Labute approximate surface area is 93.6 Å². The van der Waals surface area contributed by atoms with Gasteiger partial charge in [-0.1, -0.05) is 0 Å². The summed E-state index contributed by atoms with van der Waals surface area (Å²) < 4.78 is 17.8. The molecule has 1 heterocycles. The summed E-state index contributed by atoms with van der Waals surface area (Å²) in [6.45, 7) is 1.41. The number of ether oxygens (including phenoxy) is 1. The summed E-state index contributed by atoms with van der Waals surface area (Å²) in [7, 11) is 0. The zero-order valence-electron chi connectivity index (χ0n) is 8.91. The summed E-state index contributed by atoms with van der Waals surface area (Å²) in [6, 6.07) is 5.76. The summed E-state index contributed by atoms with van der Waals surface area (Å²) in [5, 5.41) is 2.73. The predicted octanol–water partition coefficient (Wildman–Crippen LogP) is 2.19. The smallest absolute Gasteiger partial charge is 0.224 e. The highest BCUT2D eigenvalue weighted by Gasteiger charge is 2.18. The van der Waals surface area contributed by atoms with Crippen molar-refractivity contribution in [1.29, 1.82) is 0 Å². The molecule has 1 saturated heterocycles. The second kappa shape index (κ2) is 5.07. The van der Waals surface area contributed by atoms with Crippen molar-refractivity contribution in [3.05, 3.63) is 30.1 Å². The Morgan fingerprint density at radius 1 is 1.44 bits per heavy atom. The molecule has 3 nitrogen and oxygen atoms in total. The first-order chi connectivity index (χ1) is 7.74. The van der Waals surface area contributed by atoms with Crippen LogP contribution in [-0.2, 0) is 9.53 Å². The van der Waals surface area contributed by atoms with E-state index in [0.717, 1.165) is 13.0 Å². The van der Waals surface area contributed by atoms with Gasteiger partial charge in [-0.3, -0.25) is 4.79 Å². The number of hydrogen-bond acceptors (Lipinski definition) is 2. The fourth-order valence-electron chi connectivity index (χ4n) is 1.75. The third kappa shape index (κ3) is 3.03. The van der Waals surface area contributed by atoms with Crippen LogP contribution in [-0.4, -0.2) is 19.1 Å². The van der Waals surface area contributed by atoms with E-state index in [1.54, 1.807) is 12.1 Å². The number of nitrogens with one attached hydrogen (secondary N) is 1. The van der Waals surface area contributed by atoms with Crippen molar-refractivity contribution in [2.45, 2.75) is 12.8 Å². The lowest BCUT2D eigenvalue weighted by Gasteiger charge is -2.08. The van der Waals surface area contributed by atoms with Gasteiger partial charge in [-0.05, 0) is 36.6 Å². The number of anilines is 1. The molecule has 1 N–H and O–H groups in total. The van der Waals surface area contributed by atoms with Crippen molar-refractivity contribution in [1.82, 2.24) is 0 Å². The first-order valence-electron chi connectivity index (χ1n) is 5.37. The first kappa shape index (κ1) is 11.1. The monoisotopic (exact) mass is 223 g/mol. The van der Waals surface area contributed by atoms with Gasteiger partial charge < -0.3 is 10.1 Å². The molecule has 0 aliphatic carbocycles. The minimum atomic E-state index is -0.304. The van der Waals surface area contributed by atoms with Crippen LogP contribution in [0.5, 0.6) is 0 Å². The zero-order valence-corrected chi connectivity index (χ0v) is 8.91. The number of carbonyl (C=O) groups excluding carboxylic acids is 1. The molecule has 1 amide bonds. The summed E-state index contributed by atoms with van der Waals surface area (Å²) in [5.41, 5.74) is 0.630. The summed E-state index contributed by atoms with van der Waals surface area (Å²) in [5.74, 6) is -0.0234. The Hall–Kier alpha value is -1.42. The van der Waals surface area contributed by atoms with Gasteiger partial charge in [-0.2, -0.15) is 0 Å². The van der Waals surface area contributed by atoms with Gasteiger partial charge in [0.25, 0.3) is 0 Å². The maximum Gasteiger partial charge on any atom is 0.224 e. The molecule has 2 rings (SSSR count). The molecule has 1 atom stereocenters. The molecular weight excluding hydrogens is 209 g/mol. The van der Waals surface area contributed by atoms with Crippen LogP contribution in [0.25, 0.3) is 0 Å². The number of amides is 1. The van der Waals surface area contributed by atoms with Crippen LogP contribution in [0.1, 0.15) is 12.8 Å². The Morgan fingerprint density at radius 3 is 2.81 bits per heavy atom. The van der Waals surface area contributed by atoms with E-state index in [1.807, 2.05) is 0 Å². The molecule has 0 spiro atoms. The maximum absolute atomic E-state index is 12.6. The van der Waals surface area contributed by atoms with Crippen molar-refractivity contribution in [2.75, 3.05) is 18.5 Å². The highest BCUT2D eigenvalue weighted by Crippen LogP contribution is 2.17. The van der Waals surface area contributed by atoms with Crippen molar-refractivity contribution in [2.24, 2.45) is 5.92 Å². The largest absolute Gasteiger partial charge is 0.381 e. The third-order valence-corrected chi connectivity index (χ3v) is 2.63. The molecule has 1 aromatic rings. The van der Waals surface area contributed by atoms with E-state index in [2.05, 4.69) is 5.32 Å². The number of halogens is 1.